The van der Waals surface area contributed by atoms with Gasteiger partial charge in [0.05, 0.1) is 25.2 Å². The Balaban J connectivity index is 3.28. The van der Waals surface area contributed by atoms with E-state index < -0.39 is 48.5 Å². The van der Waals surface area contributed by atoms with E-state index in [9.17, 15) is 24.7 Å². The highest BCUT2D eigenvalue weighted by molar-refractivity contribution is 7.39. The lowest BCUT2D eigenvalue weighted by Crippen LogP contribution is -2.45. The average molecular weight is 669 g/mol. The number of rotatable bonds is 11. The van der Waals surface area contributed by atoms with Gasteiger partial charge in [-0.15, -0.1) is 0 Å². The normalized spacial score (nSPS) is 14.4. The first-order valence-electron chi connectivity index (χ1n) is 15.4. The molecule has 2 rings (SSSR count). The SMILES string of the molecule is Cc1cc(C(C)(C)C)c(OC(c2c(C(C)(C)C)cc(C)cc2C(C)(C)C)C(CO)(COP(O)O)COP(O)O)c(C(C)(C)C)c1. The second-order valence-electron chi connectivity index (χ2n) is 16.5. The van der Waals surface area contributed by atoms with Gasteiger partial charge in [-0.3, -0.25) is 0 Å². The molecular formula is C35H58O8P2. The quantitative estimate of drug-likeness (QED) is 0.152. The maximum Gasteiger partial charge on any atom is 0.327 e. The molecule has 256 valence electrons. The summed E-state index contributed by atoms with van der Waals surface area (Å²) in [6.07, 6.45) is -0.985. The van der Waals surface area contributed by atoms with Crippen LogP contribution in [-0.2, 0) is 30.7 Å². The van der Waals surface area contributed by atoms with E-state index in [4.69, 9.17) is 13.8 Å². The Labute approximate surface area is 274 Å². The minimum atomic E-state index is -2.81. The summed E-state index contributed by atoms with van der Waals surface area (Å²) < 4.78 is 18.3. The Kier molecular flexibility index (Phi) is 12.9. The molecule has 2 aromatic carbocycles. The van der Waals surface area contributed by atoms with Crippen molar-refractivity contribution < 1.29 is 38.5 Å². The zero-order chi connectivity index (χ0) is 34.9. The van der Waals surface area contributed by atoms with Gasteiger partial charge in [0.25, 0.3) is 0 Å². The third-order valence-corrected chi connectivity index (χ3v) is 8.81. The van der Waals surface area contributed by atoms with Crippen molar-refractivity contribution in [3.63, 3.8) is 0 Å². The Morgan fingerprint density at radius 1 is 0.578 bits per heavy atom. The van der Waals surface area contributed by atoms with E-state index >= 15 is 0 Å². The lowest BCUT2D eigenvalue weighted by molar-refractivity contribution is -0.0674. The molecule has 0 fully saturated rings. The van der Waals surface area contributed by atoms with Crippen LogP contribution in [0.5, 0.6) is 5.75 Å². The smallest absolute Gasteiger partial charge is 0.327 e. The van der Waals surface area contributed by atoms with E-state index in [0.29, 0.717) is 5.75 Å². The second-order valence-corrected chi connectivity index (χ2v) is 18.1. The van der Waals surface area contributed by atoms with Gasteiger partial charge in [-0.25, -0.2) is 0 Å². The van der Waals surface area contributed by atoms with E-state index in [1.165, 1.54) is 0 Å². The number of hydrogen-bond acceptors (Lipinski definition) is 8. The number of ether oxygens (including phenoxy) is 1. The van der Waals surface area contributed by atoms with Gasteiger partial charge in [0.15, 0.2) is 0 Å². The third kappa shape index (κ3) is 10.2. The van der Waals surface area contributed by atoms with E-state index in [1.54, 1.807) is 0 Å². The fourth-order valence-electron chi connectivity index (χ4n) is 5.68. The fraction of sp³-hybridized carbons (Fsp3) is 0.657. The maximum absolute atomic E-state index is 11.3. The van der Waals surface area contributed by atoms with Gasteiger partial charge in [0.1, 0.15) is 11.9 Å². The highest BCUT2D eigenvalue weighted by atomic mass is 31.2. The molecule has 10 heteroatoms. The molecule has 8 nitrogen and oxygen atoms in total. The monoisotopic (exact) mass is 668 g/mol. The minimum absolute atomic E-state index is 0.331. The van der Waals surface area contributed by atoms with Gasteiger partial charge in [-0.05, 0) is 46.6 Å². The highest BCUT2D eigenvalue weighted by Crippen LogP contribution is 2.51. The van der Waals surface area contributed by atoms with Crippen molar-refractivity contribution in [2.45, 2.75) is 125 Å². The maximum atomic E-state index is 11.3. The number of benzene rings is 2. The molecule has 0 aliphatic rings. The third-order valence-electron chi connectivity index (χ3n) is 8.09. The van der Waals surface area contributed by atoms with Crippen LogP contribution in [0, 0.1) is 19.3 Å². The first-order chi connectivity index (χ1) is 20.2. The Hall–Kier alpha value is -1.18. The van der Waals surface area contributed by atoms with Crippen LogP contribution in [0.15, 0.2) is 24.3 Å². The van der Waals surface area contributed by atoms with Crippen LogP contribution in [0.3, 0.4) is 0 Å². The van der Waals surface area contributed by atoms with Gasteiger partial charge in [0, 0.05) is 16.7 Å². The summed E-state index contributed by atoms with van der Waals surface area (Å²) in [5, 5.41) is 11.3. The molecular weight excluding hydrogens is 610 g/mol. The molecule has 5 N–H and O–H groups in total. The standard InChI is InChI=1S/C35H58O8P2/c1-22-15-24(31(3,4)5)28(25(16-22)32(6,7)8)30(35(19-36,20-41-44(37)38)21-42-45(39)40)43-29-26(33(9,10)11)17-23(2)18-27(29)34(12,13)14/h15-18,30,36-40H,19-21H2,1-14H3. The predicted octanol–water partition coefficient (Wildman–Crippen LogP) is 8.05. The van der Waals surface area contributed by atoms with Crippen molar-refractivity contribution in [2.75, 3.05) is 19.8 Å². The molecule has 0 aliphatic carbocycles. The first kappa shape index (κ1) is 40.0. The lowest BCUT2D eigenvalue weighted by Gasteiger charge is -2.44. The lowest BCUT2D eigenvalue weighted by atomic mass is 9.69. The van der Waals surface area contributed by atoms with Crippen LogP contribution in [0.4, 0.5) is 0 Å². The van der Waals surface area contributed by atoms with Crippen molar-refractivity contribution in [1.29, 1.82) is 0 Å². The van der Waals surface area contributed by atoms with E-state index in [2.05, 4.69) is 121 Å². The fourth-order valence-corrected chi connectivity index (χ4v) is 6.43. The molecule has 1 atom stereocenters. The number of hydrogen-bond donors (Lipinski definition) is 5. The molecule has 0 radical (unpaired) electrons. The highest BCUT2D eigenvalue weighted by Gasteiger charge is 2.48. The van der Waals surface area contributed by atoms with E-state index in [1.807, 2.05) is 0 Å². The summed E-state index contributed by atoms with van der Waals surface area (Å²) in [5.41, 5.74) is 4.00. The topological polar surface area (TPSA) is 129 Å². The summed E-state index contributed by atoms with van der Waals surface area (Å²) in [5.74, 6) is 0.661. The molecule has 0 amide bonds. The second kappa shape index (κ2) is 14.5. The van der Waals surface area contributed by atoms with Gasteiger partial charge < -0.3 is 38.5 Å². The van der Waals surface area contributed by atoms with E-state index in [0.717, 1.165) is 38.9 Å². The van der Waals surface area contributed by atoms with Crippen LogP contribution in [-0.4, -0.2) is 44.5 Å². The summed E-state index contributed by atoms with van der Waals surface area (Å²) in [6, 6.07) is 8.51. The molecule has 0 saturated carbocycles. The van der Waals surface area contributed by atoms with Crippen molar-refractivity contribution in [2.24, 2.45) is 5.41 Å². The molecule has 45 heavy (non-hydrogen) atoms. The van der Waals surface area contributed by atoms with Gasteiger partial charge in [0.2, 0.25) is 0 Å². The van der Waals surface area contributed by atoms with Crippen LogP contribution >= 0.6 is 17.2 Å². The van der Waals surface area contributed by atoms with Crippen molar-refractivity contribution in [3.05, 3.63) is 63.2 Å². The number of aliphatic hydroxyl groups is 1. The number of aliphatic hydroxyl groups excluding tert-OH is 1. The predicted molar refractivity (Wildman–Crippen MR) is 185 cm³/mol. The molecule has 0 aliphatic heterocycles. The Morgan fingerprint density at radius 2 is 0.889 bits per heavy atom. The summed E-state index contributed by atoms with van der Waals surface area (Å²) >= 11 is 0. The van der Waals surface area contributed by atoms with Gasteiger partial charge >= 0.3 is 17.2 Å². The molecule has 0 heterocycles. The molecule has 2 aromatic rings. The molecule has 0 bridgehead atoms. The van der Waals surface area contributed by atoms with Crippen molar-refractivity contribution in [3.8, 4) is 5.75 Å². The number of aryl methyl sites for hydroxylation is 2. The minimum Gasteiger partial charge on any atom is -0.484 e. The van der Waals surface area contributed by atoms with Gasteiger partial charge in [-0.2, -0.15) is 0 Å². The summed E-state index contributed by atoms with van der Waals surface area (Å²) in [4.78, 5) is 39.6. The molecule has 1 unspecified atom stereocenters. The van der Waals surface area contributed by atoms with Crippen LogP contribution in [0.25, 0.3) is 0 Å². The summed E-state index contributed by atoms with van der Waals surface area (Å²) in [7, 11) is -5.62. The van der Waals surface area contributed by atoms with Crippen LogP contribution in [0.2, 0.25) is 0 Å². The zero-order valence-corrected chi connectivity index (χ0v) is 31.7. The van der Waals surface area contributed by atoms with E-state index in [-0.39, 0.29) is 21.7 Å². The average Bonchev–Trinajstić information content (AvgIpc) is 2.85. The molecule has 0 aromatic heterocycles. The Morgan fingerprint density at radius 3 is 1.16 bits per heavy atom. The Bertz CT molecular complexity index is 1210. The molecule has 0 saturated heterocycles. The van der Waals surface area contributed by atoms with Gasteiger partial charge in [-0.1, -0.05) is 118 Å². The summed E-state index contributed by atoms with van der Waals surface area (Å²) in [6.45, 7) is 28.3. The van der Waals surface area contributed by atoms with Crippen LogP contribution < -0.4 is 4.74 Å². The largest absolute Gasteiger partial charge is 0.484 e. The van der Waals surface area contributed by atoms with Crippen molar-refractivity contribution in [1.82, 2.24) is 0 Å². The van der Waals surface area contributed by atoms with Crippen molar-refractivity contribution >= 4 is 17.2 Å². The molecule has 0 spiro atoms. The van der Waals surface area contributed by atoms with Crippen LogP contribution in [0.1, 0.15) is 128 Å². The first-order valence-corrected chi connectivity index (χ1v) is 17.8. The zero-order valence-electron chi connectivity index (χ0n) is 29.9.